The number of hydrogen-bond acceptors (Lipinski definition) is 2. The third-order valence-electron chi connectivity index (χ3n) is 18.1. The lowest BCUT2D eigenvalue weighted by molar-refractivity contribution is 0.668. The minimum absolute atomic E-state index is 0.843. The molecule has 0 radical (unpaired) electrons. The van der Waals surface area contributed by atoms with Crippen LogP contribution in [0.5, 0.6) is 0 Å². The lowest BCUT2D eigenvalue weighted by atomic mass is 10.0. The number of para-hydroxylation sites is 2. The maximum atomic E-state index is 6.71. The average molecular weight is 1220 g/mol. The zero-order valence-electron chi connectivity index (χ0n) is 51.1. The fourth-order valence-corrected chi connectivity index (χ4v) is 22.0. The molecule has 0 aliphatic heterocycles. The Morgan fingerprint density at radius 3 is 1.07 bits per heavy atom. The summed E-state index contributed by atoms with van der Waals surface area (Å²) in [5.74, 6) is 0. The van der Waals surface area contributed by atoms with Crippen molar-refractivity contribution in [3.63, 3.8) is 0 Å². The summed E-state index contributed by atoms with van der Waals surface area (Å²) in [4.78, 5) is 9.84. The van der Waals surface area contributed by atoms with E-state index in [2.05, 4.69) is 338 Å². The molecule has 0 aliphatic rings. The van der Waals surface area contributed by atoms with Gasteiger partial charge in [-0.25, -0.2) is 0 Å². The predicted octanol–water partition coefficient (Wildman–Crippen LogP) is 25.3. The molecule has 0 bridgehead atoms. The third kappa shape index (κ3) is 8.77. The second-order valence-corrected chi connectivity index (χ2v) is 29.1. The smallest absolute Gasteiger partial charge is 0.135 e. The van der Waals surface area contributed by atoms with Crippen LogP contribution in [0.1, 0.15) is 13.8 Å². The van der Waals surface area contributed by atoms with Crippen molar-refractivity contribution in [3.8, 4) is 22.5 Å². The quantitative estimate of drug-likeness (QED) is 0.108. The molecule has 0 aliphatic carbocycles. The van der Waals surface area contributed by atoms with E-state index in [1.807, 2.05) is 26.0 Å². The molecule has 4 nitrogen and oxygen atoms in total. The van der Waals surface area contributed by atoms with Crippen molar-refractivity contribution in [2.24, 2.45) is 0 Å². The van der Waals surface area contributed by atoms with Crippen LogP contribution in [0.4, 0.5) is 0 Å². The Labute approximate surface area is 538 Å². The first-order chi connectivity index (χ1) is 45.5. The van der Waals surface area contributed by atoms with E-state index >= 15 is 0 Å². The molecule has 0 spiro atoms. The summed E-state index contributed by atoms with van der Waals surface area (Å²) >= 11 is 0. The molecular formula is C86H64N2O2S2. The number of rotatable bonds is 13. The summed E-state index contributed by atoms with van der Waals surface area (Å²) in [7, 11) is -3.93. The van der Waals surface area contributed by atoms with Gasteiger partial charge < -0.3 is 18.0 Å². The van der Waals surface area contributed by atoms with Crippen molar-refractivity contribution in [2.75, 3.05) is 0 Å². The summed E-state index contributed by atoms with van der Waals surface area (Å²) in [6.07, 6.45) is 6.01. The monoisotopic (exact) mass is 1220 g/mol. The van der Waals surface area contributed by atoms with E-state index in [9.17, 15) is 0 Å². The summed E-state index contributed by atoms with van der Waals surface area (Å²) in [5, 5.41) is 9.07. The van der Waals surface area contributed by atoms with E-state index in [1.165, 1.54) is 55.8 Å². The first-order valence-corrected chi connectivity index (χ1v) is 34.7. The fraction of sp³-hybridized carbons (Fsp3) is 0.0233. The van der Waals surface area contributed by atoms with E-state index in [-0.39, 0.29) is 0 Å². The van der Waals surface area contributed by atoms with E-state index in [1.54, 1.807) is 0 Å². The highest BCUT2D eigenvalue weighted by Crippen LogP contribution is 2.75. The molecule has 17 rings (SSSR count). The Bertz CT molecular complexity index is 5560. The minimum atomic E-state index is -2.01. The van der Waals surface area contributed by atoms with Crippen LogP contribution in [0.2, 0.25) is 0 Å². The number of fused-ring (bicyclic) bond motifs is 12. The van der Waals surface area contributed by atoms with Gasteiger partial charge in [0, 0.05) is 93.6 Å². The lowest BCUT2D eigenvalue weighted by Gasteiger charge is -2.42. The van der Waals surface area contributed by atoms with E-state index in [4.69, 9.17) is 8.83 Å². The topological polar surface area (TPSA) is 36.1 Å². The highest BCUT2D eigenvalue weighted by atomic mass is 32.3. The van der Waals surface area contributed by atoms with Crippen LogP contribution < -0.4 is 0 Å². The molecule has 4 heterocycles. The molecule has 442 valence electrons. The van der Waals surface area contributed by atoms with Crippen molar-refractivity contribution >= 4 is 108 Å². The number of benzene rings is 13. The molecule has 0 unspecified atom stereocenters. The Kier molecular flexibility index (Phi) is 14.1. The van der Waals surface area contributed by atoms with Crippen LogP contribution in [0.3, 0.4) is 0 Å². The number of furan rings is 2. The van der Waals surface area contributed by atoms with E-state index in [0.29, 0.717) is 0 Å². The van der Waals surface area contributed by atoms with Gasteiger partial charge in [0.15, 0.2) is 0 Å². The number of allylic oxidation sites excluding steroid dienone is 3. The van der Waals surface area contributed by atoms with Crippen molar-refractivity contribution in [3.05, 3.63) is 346 Å². The van der Waals surface area contributed by atoms with Gasteiger partial charge in [0.05, 0.1) is 22.1 Å². The zero-order valence-corrected chi connectivity index (χ0v) is 52.8. The Morgan fingerprint density at radius 1 is 0.304 bits per heavy atom. The molecule has 92 heavy (non-hydrogen) atoms. The van der Waals surface area contributed by atoms with Gasteiger partial charge in [-0.1, -0.05) is 179 Å². The lowest BCUT2D eigenvalue weighted by Crippen LogP contribution is -2.06. The van der Waals surface area contributed by atoms with Gasteiger partial charge in [-0.2, -0.15) is 0 Å². The first-order valence-electron chi connectivity index (χ1n) is 31.4. The van der Waals surface area contributed by atoms with Gasteiger partial charge in [0.25, 0.3) is 0 Å². The fourth-order valence-electron chi connectivity index (χ4n) is 14.2. The molecule has 17 aromatic rings. The van der Waals surface area contributed by atoms with Crippen molar-refractivity contribution in [1.82, 2.24) is 9.13 Å². The van der Waals surface area contributed by atoms with Crippen LogP contribution >= 0.6 is 20.1 Å². The second kappa shape index (κ2) is 23.1. The third-order valence-corrected chi connectivity index (χ3v) is 25.9. The van der Waals surface area contributed by atoms with Gasteiger partial charge in [-0.3, -0.25) is 0 Å². The van der Waals surface area contributed by atoms with E-state index < -0.39 is 20.1 Å². The minimum Gasteiger partial charge on any atom is -0.456 e. The van der Waals surface area contributed by atoms with Crippen LogP contribution in [0.25, 0.3) is 110 Å². The largest absolute Gasteiger partial charge is 0.456 e. The Morgan fingerprint density at radius 2 is 0.652 bits per heavy atom. The Balaban J connectivity index is 0.00000334. The van der Waals surface area contributed by atoms with Crippen LogP contribution in [0.15, 0.2) is 389 Å². The van der Waals surface area contributed by atoms with Crippen molar-refractivity contribution < 1.29 is 8.83 Å². The second-order valence-electron chi connectivity index (χ2n) is 22.8. The molecule has 13 aromatic carbocycles. The van der Waals surface area contributed by atoms with Crippen molar-refractivity contribution in [1.29, 1.82) is 0 Å². The van der Waals surface area contributed by atoms with Gasteiger partial charge in [0.2, 0.25) is 0 Å². The zero-order chi connectivity index (χ0) is 61.9. The maximum absolute atomic E-state index is 6.71. The van der Waals surface area contributed by atoms with Crippen LogP contribution in [0, 0.1) is 0 Å². The predicted molar refractivity (Wildman–Crippen MR) is 390 cm³/mol. The van der Waals surface area contributed by atoms with Crippen LogP contribution in [-0.2, 0) is 0 Å². The highest BCUT2D eigenvalue weighted by Gasteiger charge is 2.36. The summed E-state index contributed by atoms with van der Waals surface area (Å²) in [6.45, 7) is 12.5. The van der Waals surface area contributed by atoms with Gasteiger partial charge >= 0.3 is 0 Å². The van der Waals surface area contributed by atoms with Crippen molar-refractivity contribution in [2.45, 2.75) is 48.1 Å². The standard InChI is InChI=1S/C84H58N2O2S2.C2H6/c1-3-24-61(4-2)89(62-25-10-5-11-26-62,63-27-12-6-13-28-63)67-43-49-83-75(55-67)73-53-59(41-47-81(73)87-83)85-77-37-22-20-35-69(77)71-51-57(39-45-79(71)85)58-40-46-80-72(52-58)70-36-21-23-38-78(70)86(80)60-42-48-82-74(54-60)76-56-68(44-50-84(76)88-82)90(64-29-14-7-15-30-64,65-31-16-8-17-32-65)66-33-18-9-19-34-66;1-2/h3-56H,1-2H2;1-2H3/b61-24+;. The number of hydrogen-bond donors (Lipinski definition) is 0. The maximum Gasteiger partial charge on any atom is 0.135 e. The normalized spacial score (nSPS) is 12.5. The summed E-state index contributed by atoms with van der Waals surface area (Å²) in [5.41, 5.74) is 12.4. The van der Waals surface area contributed by atoms with Gasteiger partial charge in [-0.05, 0) is 187 Å². The SMILES string of the molecule is C=C/C=C(\C=C)S(c1ccccc1)(c1ccccc1)c1ccc2oc3ccc(-n4c5ccccc5c5cc(-c6ccc7c(c6)c6ccccc6n7-c6ccc7oc8ccc(S(c9ccccc9)(c9ccccc9)c9ccccc9)cc8c7c6)ccc54)cc3c2c1.CC. The molecule has 0 amide bonds. The molecule has 4 aromatic heterocycles. The molecule has 0 saturated heterocycles. The average Bonchev–Trinajstić information content (AvgIpc) is 0.951. The highest BCUT2D eigenvalue weighted by molar-refractivity contribution is 8.37. The van der Waals surface area contributed by atoms with Gasteiger partial charge in [0.1, 0.15) is 22.3 Å². The van der Waals surface area contributed by atoms with Gasteiger partial charge in [-0.15, -0.1) is 20.1 Å². The number of nitrogens with zero attached hydrogens (tertiary/aromatic N) is 2. The first kappa shape index (κ1) is 56.2. The molecule has 0 fully saturated rings. The van der Waals surface area contributed by atoms with E-state index in [0.717, 1.165) is 93.4 Å². The molecule has 6 heteroatoms. The molecule has 0 atom stereocenters. The summed E-state index contributed by atoms with van der Waals surface area (Å²) in [6, 6.07) is 113. The van der Waals surface area contributed by atoms with Crippen LogP contribution in [-0.4, -0.2) is 9.13 Å². The molecular weight excluding hydrogens is 1160 g/mol. The summed E-state index contributed by atoms with van der Waals surface area (Å²) < 4.78 is 18.2. The Hall–Kier alpha value is -11.0. The number of aromatic nitrogens is 2. The molecule has 0 N–H and O–H groups in total. The molecule has 0 saturated carbocycles.